The minimum Gasteiger partial charge on any atom is -0.349 e. The van der Waals surface area contributed by atoms with Crippen molar-refractivity contribution in [2.45, 2.75) is 45.6 Å². The van der Waals surface area contributed by atoms with Crippen molar-refractivity contribution in [2.24, 2.45) is 11.1 Å². The number of amides is 1. The van der Waals surface area contributed by atoms with Crippen molar-refractivity contribution in [3.05, 3.63) is 34.3 Å². The first kappa shape index (κ1) is 18.3. The van der Waals surface area contributed by atoms with Crippen LogP contribution >= 0.6 is 24.0 Å². The van der Waals surface area contributed by atoms with Gasteiger partial charge in [-0.2, -0.15) is 0 Å². The van der Waals surface area contributed by atoms with E-state index in [1.807, 2.05) is 26.0 Å². The molecular weight excluding hydrogens is 307 g/mol. The minimum atomic E-state index is -0.443. The van der Waals surface area contributed by atoms with Crippen LogP contribution in [0.15, 0.2) is 18.2 Å². The number of carbonyl (C=O) groups excluding carboxylic acids is 1. The Kier molecular flexibility index (Phi) is 6.51. The van der Waals surface area contributed by atoms with Crippen LogP contribution in [-0.2, 0) is 11.2 Å². The molecular formula is C16H24Cl2N2O. The molecule has 5 heteroatoms. The Morgan fingerprint density at radius 2 is 2.10 bits per heavy atom. The highest BCUT2D eigenvalue weighted by atomic mass is 35.5. The molecule has 0 radical (unpaired) electrons. The largest absolute Gasteiger partial charge is 0.349 e. The molecule has 1 atom stereocenters. The molecule has 0 heterocycles. The van der Waals surface area contributed by atoms with Crippen LogP contribution < -0.4 is 11.1 Å². The summed E-state index contributed by atoms with van der Waals surface area (Å²) in [7, 11) is 0. The van der Waals surface area contributed by atoms with E-state index >= 15 is 0 Å². The monoisotopic (exact) mass is 330 g/mol. The molecule has 21 heavy (non-hydrogen) atoms. The van der Waals surface area contributed by atoms with E-state index in [1.54, 1.807) is 0 Å². The number of nitrogens with two attached hydrogens (primary N) is 1. The third-order valence-corrected chi connectivity index (χ3v) is 5.10. The van der Waals surface area contributed by atoms with Crippen LogP contribution in [0, 0.1) is 5.41 Å². The highest BCUT2D eigenvalue weighted by Crippen LogP contribution is 2.36. The molecule has 0 saturated carbocycles. The number of halogens is 2. The van der Waals surface area contributed by atoms with E-state index in [4.69, 9.17) is 17.3 Å². The second kappa shape index (κ2) is 7.48. The molecule has 0 saturated heterocycles. The van der Waals surface area contributed by atoms with E-state index in [-0.39, 0.29) is 24.4 Å². The van der Waals surface area contributed by atoms with E-state index in [0.29, 0.717) is 6.54 Å². The molecule has 1 aromatic carbocycles. The van der Waals surface area contributed by atoms with E-state index in [1.165, 1.54) is 5.56 Å². The van der Waals surface area contributed by atoms with Crippen molar-refractivity contribution in [3.8, 4) is 0 Å². The third kappa shape index (κ3) is 3.36. The predicted molar refractivity (Wildman–Crippen MR) is 90.0 cm³/mol. The van der Waals surface area contributed by atoms with Gasteiger partial charge in [-0.05, 0) is 42.9 Å². The van der Waals surface area contributed by atoms with Crippen LogP contribution in [-0.4, -0.2) is 12.5 Å². The zero-order valence-electron chi connectivity index (χ0n) is 12.6. The number of fused-ring (bicyclic) bond motifs is 1. The summed E-state index contributed by atoms with van der Waals surface area (Å²) >= 11 is 6.21. The lowest BCUT2D eigenvalue weighted by Crippen LogP contribution is -2.46. The predicted octanol–water partition coefficient (Wildman–Crippen LogP) is 3.63. The Morgan fingerprint density at radius 3 is 2.67 bits per heavy atom. The fourth-order valence-electron chi connectivity index (χ4n) is 3.02. The molecule has 0 fully saturated rings. The second-order valence-electron chi connectivity index (χ2n) is 5.56. The molecule has 1 amide bonds. The zero-order valence-corrected chi connectivity index (χ0v) is 14.2. The van der Waals surface area contributed by atoms with Crippen molar-refractivity contribution in [1.82, 2.24) is 5.32 Å². The van der Waals surface area contributed by atoms with Crippen molar-refractivity contribution in [3.63, 3.8) is 0 Å². The van der Waals surface area contributed by atoms with Gasteiger partial charge in [0.05, 0.1) is 11.5 Å². The summed E-state index contributed by atoms with van der Waals surface area (Å²) in [6, 6.07) is 5.98. The molecule has 2 rings (SSSR count). The van der Waals surface area contributed by atoms with Gasteiger partial charge in [0.25, 0.3) is 0 Å². The van der Waals surface area contributed by atoms with Crippen LogP contribution in [0.25, 0.3) is 0 Å². The summed E-state index contributed by atoms with van der Waals surface area (Å²) in [5.41, 5.74) is 7.73. The van der Waals surface area contributed by atoms with Gasteiger partial charge >= 0.3 is 0 Å². The SMILES string of the molecule is CCC(CC)(CN)C(=O)NC1CCc2c(Cl)cccc21.Cl. The molecule has 0 aliphatic heterocycles. The van der Waals surface area contributed by atoms with Gasteiger partial charge in [-0.1, -0.05) is 37.6 Å². The third-order valence-electron chi connectivity index (χ3n) is 4.74. The quantitative estimate of drug-likeness (QED) is 0.866. The Labute approximate surface area is 138 Å². The maximum atomic E-state index is 12.6. The van der Waals surface area contributed by atoms with Crippen molar-refractivity contribution in [2.75, 3.05) is 6.54 Å². The topological polar surface area (TPSA) is 55.1 Å². The fourth-order valence-corrected chi connectivity index (χ4v) is 3.30. The Balaban J connectivity index is 0.00000220. The van der Waals surface area contributed by atoms with Crippen LogP contribution in [0.1, 0.15) is 50.3 Å². The first-order chi connectivity index (χ1) is 9.57. The number of rotatable bonds is 5. The summed E-state index contributed by atoms with van der Waals surface area (Å²) in [5.74, 6) is 0.0721. The highest BCUT2D eigenvalue weighted by Gasteiger charge is 2.36. The molecule has 0 aromatic heterocycles. The molecule has 1 aliphatic carbocycles. The van der Waals surface area contributed by atoms with Crippen LogP contribution in [0.3, 0.4) is 0 Å². The first-order valence-electron chi connectivity index (χ1n) is 7.36. The molecule has 1 aromatic rings. The Bertz CT molecular complexity index is 493. The average Bonchev–Trinajstić information content (AvgIpc) is 2.86. The molecule has 0 spiro atoms. The van der Waals surface area contributed by atoms with E-state index in [0.717, 1.165) is 36.3 Å². The molecule has 3 nitrogen and oxygen atoms in total. The molecule has 0 bridgehead atoms. The number of carbonyl (C=O) groups is 1. The van der Waals surface area contributed by atoms with Gasteiger partial charge in [0.15, 0.2) is 0 Å². The highest BCUT2D eigenvalue weighted by molar-refractivity contribution is 6.31. The Hall–Kier alpha value is -0.770. The summed E-state index contributed by atoms with van der Waals surface area (Å²) in [4.78, 5) is 12.6. The van der Waals surface area contributed by atoms with Gasteiger partial charge < -0.3 is 11.1 Å². The van der Waals surface area contributed by atoms with Crippen molar-refractivity contribution >= 4 is 29.9 Å². The van der Waals surface area contributed by atoms with Crippen LogP contribution in [0.4, 0.5) is 0 Å². The van der Waals surface area contributed by atoms with Crippen molar-refractivity contribution in [1.29, 1.82) is 0 Å². The van der Waals surface area contributed by atoms with Crippen LogP contribution in [0.2, 0.25) is 5.02 Å². The number of hydrogen-bond acceptors (Lipinski definition) is 2. The Morgan fingerprint density at radius 1 is 1.43 bits per heavy atom. The lowest BCUT2D eigenvalue weighted by atomic mass is 9.81. The summed E-state index contributed by atoms with van der Waals surface area (Å²) in [6.45, 7) is 4.44. The van der Waals surface area contributed by atoms with E-state index < -0.39 is 5.41 Å². The standard InChI is InChI=1S/C16H23ClN2O.ClH/c1-3-16(4-2,10-18)15(20)19-14-9-8-11-12(14)6-5-7-13(11)17;/h5-7,14H,3-4,8-10,18H2,1-2H3,(H,19,20);1H. The summed E-state index contributed by atoms with van der Waals surface area (Å²) in [5, 5.41) is 3.98. The second-order valence-corrected chi connectivity index (χ2v) is 5.97. The van der Waals surface area contributed by atoms with Gasteiger partial charge in [-0.15, -0.1) is 12.4 Å². The summed E-state index contributed by atoms with van der Waals surface area (Å²) < 4.78 is 0. The first-order valence-corrected chi connectivity index (χ1v) is 7.74. The maximum Gasteiger partial charge on any atom is 0.227 e. The zero-order chi connectivity index (χ0) is 14.8. The lowest BCUT2D eigenvalue weighted by Gasteiger charge is -2.30. The molecule has 1 aliphatic rings. The lowest BCUT2D eigenvalue weighted by molar-refractivity contribution is -0.131. The maximum absolute atomic E-state index is 12.6. The van der Waals surface area contributed by atoms with E-state index in [9.17, 15) is 4.79 Å². The fraction of sp³-hybridized carbons (Fsp3) is 0.562. The smallest absolute Gasteiger partial charge is 0.227 e. The van der Waals surface area contributed by atoms with Gasteiger partial charge in [0, 0.05) is 11.6 Å². The van der Waals surface area contributed by atoms with Crippen molar-refractivity contribution < 1.29 is 4.79 Å². The van der Waals surface area contributed by atoms with Gasteiger partial charge in [0.2, 0.25) is 5.91 Å². The normalized spacial score (nSPS) is 17.0. The minimum absolute atomic E-state index is 0. The summed E-state index contributed by atoms with van der Waals surface area (Å²) in [6.07, 6.45) is 3.37. The molecule has 3 N–H and O–H groups in total. The number of nitrogens with one attached hydrogen (secondary N) is 1. The average molecular weight is 331 g/mol. The number of hydrogen-bond donors (Lipinski definition) is 2. The molecule has 118 valence electrons. The van der Waals surface area contributed by atoms with Gasteiger partial charge in [0.1, 0.15) is 0 Å². The van der Waals surface area contributed by atoms with Gasteiger partial charge in [-0.3, -0.25) is 4.79 Å². The van der Waals surface area contributed by atoms with Gasteiger partial charge in [-0.25, -0.2) is 0 Å². The van der Waals surface area contributed by atoms with E-state index in [2.05, 4.69) is 11.4 Å². The molecule has 1 unspecified atom stereocenters. The van der Waals surface area contributed by atoms with Crippen LogP contribution in [0.5, 0.6) is 0 Å². The number of benzene rings is 1.